The average Bonchev–Trinajstić information content (AvgIpc) is 3.09. The minimum Gasteiger partial charge on any atom is -0.336 e. The average molecular weight is 279 g/mol. The number of carbonyl (C=O) groups excluding carboxylic acids is 1. The van der Waals surface area contributed by atoms with Crippen LogP contribution >= 0.6 is 0 Å². The lowest BCUT2D eigenvalue weighted by Gasteiger charge is -2.18. The number of hydrogen-bond acceptors (Lipinski definition) is 3. The molecule has 0 saturated heterocycles. The molecule has 1 heterocycles. The van der Waals surface area contributed by atoms with Crippen molar-refractivity contribution in [2.45, 2.75) is 64.5 Å². The molecule has 0 aromatic carbocycles. The van der Waals surface area contributed by atoms with Crippen molar-refractivity contribution in [3.8, 4) is 0 Å². The molecule has 1 aromatic heterocycles. The van der Waals surface area contributed by atoms with Gasteiger partial charge in [0, 0.05) is 6.04 Å². The summed E-state index contributed by atoms with van der Waals surface area (Å²) >= 11 is 0. The molecule has 1 aliphatic carbocycles. The monoisotopic (exact) mass is 279 g/mol. The van der Waals surface area contributed by atoms with E-state index in [0.29, 0.717) is 5.82 Å². The lowest BCUT2D eigenvalue weighted by Crippen LogP contribution is -2.42. The van der Waals surface area contributed by atoms with Gasteiger partial charge in [0.25, 0.3) is 0 Å². The Morgan fingerprint density at radius 1 is 1.40 bits per heavy atom. The highest BCUT2D eigenvalue weighted by Gasteiger charge is 2.17. The van der Waals surface area contributed by atoms with E-state index in [4.69, 9.17) is 0 Å². The molecule has 0 aliphatic heterocycles. The van der Waals surface area contributed by atoms with E-state index in [0.717, 1.165) is 12.3 Å². The van der Waals surface area contributed by atoms with Crippen LogP contribution in [0.1, 0.15) is 64.2 Å². The highest BCUT2D eigenvalue weighted by atomic mass is 16.2. The summed E-state index contributed by atoms with van der Waals surface area (Å²) in [7, 11) is 0. The fourth-order valence-corrected chi connectivity index (χ4v) is 2.81. The van der Waals surface area contributed by atoms with Crippen LogP contribution in [-0.4, -0.2) is 27.3 Å². The fraction of sp³-hybridized carbons (Fsp3) is 0.786. The molecular formula is C14H25N5O. The number of rotatable bonds is 6. The van der Waals surface area contributed by atoms with Crippen LogP contribution in [0, 0.1) is 5.92 Å². The number of carbonyl (C=O) groups is 1. The van der Waals surface area contributed by atoms with Gasteiger partial charge in [-0.1, -0.05) is 25.7 Å². The SMILES string of the molecule is CC(CCC1CCCC1)NC(=O)NC(C)c1ncn[nH]1. The van der Waals surface area contributed by atoms with Gasteiger partial charge < -0.3 is 10.6 Å². The van der Waals surface area contributed by atoms with Crippen molar-refractivity contribution in [1.82, 2.24) is 25.8 Å². The third-order valence-electron chi connectivity index (χ3n) is 4.05. The summed E-state index contributed by atoms with van der Waals surface area (Å²) in [5, 5.41) is 12.4. The largest absolute Gasteiger partial charge is 0.336 e. The molecule has 0 radical (unpaired) electrons. The topological polar surface area (TPSA) is 82.7 Å². The van der Waals surface area contributed by atoms with Crippen LogP contribution in [-0.2, 0) is 0 Å². The van der Waals surface area contributed by atoms with Crippen molar-refractivity contribution >= 4 is 6.03 Å². The van der Waals surface area contributed by atoms with Gasteiger partial charge in [-0.3, -0.25) is 5.10 Å². The van der Waals surface area contributed by atoms with E-state index in [1.165, 1.54) is 38.4 Å². The normalized spacial score (nSPS) is 18.7. The number of urea groups is 1. The van der Waals surface area contributed by atoms with Crippen LogP contribution < -0.4 is 10.6 Å². The number of aromatic nitrogens is 3. The van der Waals surface area contributed by atoms with Crippen molar-refractivity contribution in [1.29, 1.82) is 0 Å². The van der Waals surface area contributed by atoms with E-state index in [1.807, 2.05) is 6.92 Å². The van der Waals surface area contributed by atoms with E-state index < -0.39 is 0 Å². The van der Waals surface area contributed by atoms with E-state index in [-0.39, 0.29) is 18.1 Å². The number of amides is 2. The van der Waals surface area contributed by atoms with E-state index >= 15 is 0 Å². The number of nitrogens with zero attached hydrogens (tertiary/aromatic N) is 2. The van der Waals surface area contributed by atoms with Crippen LogP contribution in [0.4, 0.5) is 4.79 Å². The zero-order chi connectivity index (χ0) is 14.4. The maximum atomic E-state index is 11.9. The molecule has 6 nitrogen and oxygen atoms in total. The Kier molecular flexibility index (Phi) is 5.38. The first-order valence-corrected chi connectivity index (χ1v) is 7.57. The minimum atomic E-state index is -0.167. The van der Waals surface area contributed by atoms with Gasteiger partial charge in [-0.25, -0.2) is 9.78 Å². The Balaban J connectivity index is 1.65. The van der Waals surface area contributed by atoms with Crippen LogP contribution in [0.2, 0.25) is 0 Å². The molecule has 3 N–H and O–H groups in total. The molecule has 20 heavy (non-hydrogen) atoms. The van der Waals surface area contributed by atoms with Gasteiger partial charge in [-0.05, 0) is 32.6 Å². The van der Waals surface area contributed by atoms with E-state index in [2.05, 4.69) is 32.7 Å². The quantitative estimate of drug-likeness (QED) is 0.748. The third kappa shape index (κ3) is 4.51. The summed E-state index contributed by atoms with van der Waals surface area (Å²) in [6.45, 7) is 3.94. The molecule has 1 aromatic rings. The van der Waals surface area contributed by atoms with Crippen molar-refractivity contribution < 1.29 is 4.79 Å². The molecule has 1 saturated carbocycles. The highest BCUT2D eigenvalue weighted by Crippen LogP contribution is 2.28. The second-order valence-electron chi connectivity index (χ2n) is 5.84. The second kappa shape index (κ2) is 7.26. The second-order valence-corrected chi connectivity index (χ2v) is 5.84. The predicted molar refractivity (Wildman–Crippen MR) is 77.1 cm³/mol. The standard InChI is InChI=1S/C14H25N5O/c1-10(7-8-12-5-3-4-6-12)17-14(20)18-11(2)13-15-9-16-19-13/h9-12H,3-8H2,1-2H3,(H,15,16,19)(H2,17,18,20). The number of hydrogen-bond donors (Lipinski definition) is 3. The zero-order valence-corrected chi connectivity index (χ0v) is 12.4. The smallest absolute Gasteiger partial charge is 0.315 e. The van der Waals surface area contributed by atoms with Crippen LogP contribution in [0.3, 0.4) is 0 Å². The van der Waals surface area contributed by atoms with Gasteiger partial charge in [-0.15, -0.1) is 0 Å². The maximum absolute atomic E-state index is 11.9. The molecule has 0 bridgehead atoms. The Labute approximate surface area is 120 Å². The van der Waals surface area contributed by atoms with Crippen LogP contribution in [0.5, 0.6) is 0 Å². The first-order valence-electron chi connectivity index (χ1n) is 7.57. The lowest BCUT2D eigenvalue weighted by molar-refractivity contribution is 0.233. The molecule has 0 spiro atoms. The molecule has 2 amide bonds. The lowest BCUT2D eigenvalue weighted by atomic mass is 9.99. The Bertz CT molecular complexity index is 400. The fourth-order valence-electron chi connectivity index (χ4n) is 2.81. The van der Waals surface area contributed by atoms with Gasteiger partial charge in [0.2, 0.25) is 0 Å². The van der Waals surface area contributed by atoms with Crippen molar-refractivity contribution in [2.75, 3.05) is 0 Å². The minimum absolute atomic E-state index is 0.146. The number of nitrogens with one attached hydrogen (secondary N) is 3. The Morgan fingerprint density at radius 2 is 2.15 bits per heavy atom. The summed E-state index contributed by atoms with van der Waals surface area (Å²) in [5.41, 5.74) is 0. The molecule has 2 atom stereocenters. The summed E-state index contributed by atoms with van der Waals surface area (Å²) < 4.78 is 0. The molecular weight excluding hydrogens is 254 g/mol. The summed E-state index contributed by atoms with van der Waals surface area (Å²) in [6.07, 6.45) is 9.19. The van der Waals surface area contributed by atoms with Crippen molar-refractivity contribution in [2.24, 2.45) is 5.92 Å². The molecule has 2 unspecified atom stereocenters. The summed E-state index contributed by atoms with van der Waals surface area (Å²) in [4.78, 5) is 15.9. The maximum Gasteiger partial charge on any atom is 0.315 e. The van der Waals surface area contributed by atoms with Gasteiger partial charge in [0.15, 0.2) is 0 Å². The first-order chi connectivity index (χ1) is 9.65. The van der Waals surface area contributed by atoms with Gasteiger partial charge in [0.1, 0.15) is 12.2 Å². The van der Waals surface area contributed by atoms with Gasteiger partial charge in [-0.2, -0.15) is 5.10 Å². The van der Waals surface area contributed by atoms with Crippen molar-refractivity contribution in [3.63, 3.8) is 0 Å². The highest BCUT2D eigenvalue weighted by molar-refractivity contribution is 5.74. The third-order valence-corrected chi connectivity index (χ3v) is 4.05. The summed E-state index contributed by atoms with van der Waals surface area (Å²) in [6, 6.07) is -0.107. The molecule has 2 rings (SSSR count). The number of H-pyrrole nitrogens is 1. The van der Waals surface area contributed by atoms with Crippen LogP contribution in [0.25, 0.3) is 0 Å². The first kappa shape index (κ1) is 14.8. The molecule has 112 valence electrons. The Hall–Kier alpha value is -1.59. The Morgan fingerprint density at radius 3 is 2.80 bits per heavy atom. The van der Waals surface area contributed by atoms with E-state index in [1.54, 1.807) is 0 Å². The molecule has 1 aliphatic rings. The van der Waals surface area contributed by atoms with E-state index in [9.17, 15) is 4.79 Å². The summed E-state index contributed by atoms with van der Waals surface area (Å²) in [5.74, 6) is 1.54. The predicted octanol–water partition coefficient (Wildman–Crippen LogP) is 2.52. The van der Waals surface area contributed by atoms with Gasteiger partial charge in [0.05, 0.1) is 6.04 Å². The zero-order valence-electron chi connectivity index (χ0n) is 12.4. The van der Waals surface area contributed by atoms with Crippen LogP contribution in [0.15, 0.2) is 6.33 Å². The number of aromatic amines is 1. The van der Waals surface area contributed by atoms with Gasteiger partial charge >= 0.3 is 6.03 Å². The molecule has 6 heteroatoms. The molecule has 1 fully saturated rings. The van der Waals surface area contributed by atoms with Crippen molar-refractivity contribution in [3.05, 3.63) is 12.2 Å².